The molecule has 0 aliphatic carbocycles. The van der Waals surface area contributed by atoms with Crippen molar-refractivity contribution in [1.29, 1.82) is 0 Å². The Morgan fingerprint density at radius 1 is 1.17 bits per heavy atom. The van der Waals surface area contributed by atoms with E-state index in [2.05, 4.69) is 11.1 Å². The number of rotatable bonds is 3. The van der Waals surface area contributed by atoms with Crippen molar-refractivity contribution in [3.8, 4) is 0 Å². The van der Waals surface area contributed by atoms with Gasteiger partial charge in [0.1, 0.15) is 0 Å². The number of hydrogen-bond donors (Lipinski definition) is 0. The van der Waals surface area contributed by atoms with Crippen LogP contribution in [0, 0.1) is 13.8 Å². The average molecular weight is 449 g/mol. The van der Waals surface area contributed by atoms with Gasteiger partial charge in [0.25, 0.3) is 5.91 Å². The topological polar surface area (TPSA) is 66.8 Å². The fourth-order valence-electron chi connectivity index (χ4n) is 3.91. The summed E-state index contributed by atoms with van der Waals surface area (Å²) in [6, 6.07) is 13.1. The molecule has 0 aromatic heterocycles. The Balaban J connectivity index is 1.68. The average Bonchev–Trinajstić information content (AvgIpc) is 3.06. The third-order valence-corrected chi connectivity index (χ3v) is 8.65. The molecule has 2 aromatic carbocycles. The number of nitrogens with zero attached hydrogens (tertiary/aromatic N) is 2. The highest BCUT2D eigenvalue weighted by atomic mass is 35.5. The Hall–Kier alpha value is -1.83. The Morgan fingerprint density at radius 2 is 1.86 bits per heavy atom. The fourth-order valence-corrected chi connectivity index (χ4v) is 8.04. The molecule has 4 rings (SSSR count). The van der Waals surface area contributed by atoms with Crippen molar-refractivity contribution < 1.29 is 13.2 Å². The molecule has 2 aliphatic rings. The van der Waals surface area contributed by atoms with Crippen LogP contribution in [0.2, 0.25) is 5.02 Å². The largest absolute Gasteiger partial charge is 0.316 e. The van der Waals surface area contributed by atoms with Crippen molar-refractivity contribution in [3.05, 3.63) is 64.2 Å². The van der Waals surface area contributed by atoms with Crippen molar-refractivity contribution in [2.24, 2.45) is 4.99 Å². The maximum Gasteiger partial charge on any atom is 0.252 e. The van der Waals surface area contributed by atoms with Crippen molar-refractivity contribution in [2.45, 2.75) is 31.6 Å². The maximum atomic E-state index is 12.7. The number of amides is 1. The molecule has 2 saturated heterocycles. The number of fused-ring (bicyclic) bond motifs is 1. The molecule has 2 heterocycles. The minimum atomic E-state index is -3.09. The van der Waals surface area contributed by atoms with E-state index >= 15 is 0 Å². The summed E-state index contributed by atoms with van der Waals surface area (Å²) in [7, 11) is -3.09. The van der Waals surface area contributed by atoms with Gasteiger partial charge in [-0.2, -0.15) is 4.99 Å². The maximum absolute atomic E-state index is 12.7. The van der Waals surface area contributed by atoms with E-state index in [9.17, 15) is 13.2 Å². The standard InChI is InChI=1S/C21H21ClN2O3S2/c1-13-7-14(2)9-16(8-13)24-18-11-29(26,27)12-19(18)28-21(24)23-20(25)10-15-5-3-4-6-17(15)22/h3-9,18-19H,10-12H2,1-2H3/t18-,19-/m1/s1. The summed E-state index contributed by atoms with van der Waals surface area (Å²) in [5.41, 5.74) is 3.77. The normalized spacial score (nSPS) is 24.1. The zero-order chi connectivity index (χ0) is 20.8. The van der Waals surface area contributed by atoms with E-state index in [1.54, 1.807) is 6.07 Å². The fraction of sp³-hybridized carbons (Fsp3) is 0.333. The van der Waals surface area contributed by atoms with Crippen LogP contribution in [0.15, 0.2) is 47.5 Å². The minimum Gasteiger partial charge on any atom is -0.316 e. The number of hydrogen-bond acceptors (Lipinski definition) is 4. The van der Waals surface area contributed by atoms with Gasteiger partial charge in [-0.1, -0.05) is 47.6 Å². The lowest BCUT2D eigenvalue weighted by Gasteiger charge is -2.25. The molecule has 0 radical (unpaired) electrons. The summed E-state index contributed by atoms with van der Waals surface area (Å²) in [5, 5.41) is 0.985. The van der Waals surface area contributed by atoms with Gasteiger partial charge in [0.05, 0.1) is 24.0 Å². The summed E-state index contributed by atoms with van der Waals surface area (Å²) in [6.45, 7) is 4.00. The van der Waals surface area contributed by atoms with E-state index in [4.69, 9.17) is 11.6 Å². The van der Waals surface area contributed by atoms with Crippen LogP contribution in [0.1, 0.15) is 16.7 Å². The van der Waals surface area contributed by atoms with Gasteiger partial charge in [-0.05, 0) is 48.7 Å². The molecule has 2 aromatic rings. The summed E-state index contributed by atoms with van der Waals surface area (Å²) in [4.78, 5) is 19.0. The van der Waals surface area contributed by atoms with Crippen LogP contribution in [-0.4, -0.2) is 42.3 Å². The molecule has 2 aliphatic heterocycles. The first-order valence-electron chi connectivity index (χ1n) is 9.31. The highest BCUT2D eigenvalue weighted by Gasteiger charge is 2.49. The number of amidine groups is 1. The molecule has 0 unspecified atom stereocenters. The molecule has 1 amide bonds. The van der Waals surface area contributed by atoms with Gasteiger partial charge in [0, 0.05) is 16.0 Å². The SMILES string of the molecule is Cc1cc(C)cc(N2C(=NC(=O)Cc3ccccc3Cl)S[C@@H]3CS(=O)(=O)C[C@H]32)c1. The number of sulfone groups is 1. The smallest absolute Gasteiger partial charge is 0.252 e. The van der Waals surface area contributed by atoms with Crippen LogP contribution >= 0.6 is 23.4 Å². The Bertz CT molecular complexity index is 1090. The minimum absolute atomic E-state index is 0.0788. The molecule has 2 fully saturated rings. The monoisotopic (exact) mass is 448 g/mol. The van der Waals surface area contributed by atoms with Crippen LogP contribution in [0.25, 0.3) is 0 Å². The number of aliphatic imine (C=N–C) groups is 1. The number of anilines is 1. The Labute approximate surface area is 180 Å². The quantitative estimate of drug-likeness (QED) is 0.714. The molecule has 0 N–H and O–H groups in total. The van der Waals surface area contributed by atoms with Gasteiger partial charge < -0.3 is 4.90 Å². The van der Waals surface area contributed by atoms with Gasteiger partial charge in [0.15, 0.2) is 15.0 Å². The molecule has 29 heavy (non-hydrogen) atoms. The second-order valence-electron chi connectivity index (χ2n) is 7.57. The number of benzene rings is 2. The number of thioether (sulfide) groups is 1. The number of carbonyl (C=O) groups excluding carboxylic acids is 1. The van der Waals surface area contributed by atoms with E-state index in [-0.39, 0.29) is 35.1 Å². The highest BCUT2D eigenvalue weighted by Crippen LogP contribution is 2.41. The Kier molecular flexibility index (Phi) is 5.48. The molecule has 2 atom stereocenters. The lowest BCUT2D eigenvalue weighted by atomic mass is 10.1. The summed E-state index contributed by atoms with van der Waals surface area (Å²) >= 11 is 7.55. The van der Waals surface area contributed by atoms with Crippen molar-refractivity contribution in [2.75, 3.05) is 16.4 Å². The first-order chi connectivity index (χ1) is 13.7. The third-order valence-electron chi connectivity index (χ3n) is 5.07. The van der Waals surface area contributed by atoms with Gasteiger partial charge in [-0.3, -0.25) is 4.79 Å². The van der Waals surface area contributed by atoms with Gasteiger partial charge in [0.2, 0.25) is 0 Å². The molecular formula is C21H21ClN2O3S2. The molecule has 0 saturated carbocycles. The third kappa shape index (κ3) is 4.37. The summed E-state index contributed by atoms with van der Waals surface area (Å²) < 4.78 is 24.4. The van der Waals surface area contributed by atoms with E-state index < -0.39 is 9.84 Å². The van der Waals surface area contributed by atoms with Crippen molar-refractivity contribution in [1.82, 2.24) is 0 Å². The zero-order valence-electron chi connectivity index (χ0n) is 16.1. The van der Waals surface area contributed by atoms with Crippen LogP contribution in [-0.2, 0) is 21.1 Å². The van der Waals surface area contributed by atoms with Crippen LogP contribution in [0.5, 0.6) is 0 Å². The number of halogens is 1. The van der Waals surface area contributed by atoms with Crippen LogP contribution in [0.4, 0.5) is 5.69 Å². The first-order valence-corrected chi connectivity index (χ1v) is 12.4. The lowest BCUT2D eigenvalue weighted by Crippen LogP contribution is -2.37. The lowest BCUT2D eigenvalue weighted by molar-refractivity contribution is -0.117. The van der Waals surface area contributed by atoms with Crippen molar-refractivity contribution >= 4 is 50.0 Å². The summed E-state index contributed by atoms with van der Waals surface area (Å²) in [6.07, 6.45) is 0.109. The van der Waals surface area contributed by atoms with Gasteiger partial charge in [-0.25, -0.2) is 8.42 Å². The Morgan fingerprint density at radius 3 is 2.55 bits per heavy atom. The van der Waals surface area contributed by atoms with E-state index in [1.165, 1.54) is 11.8 Å². The molecule has 5 nitrogen and oxygen atoms in total. The molecular weight excluding hydrogens is 428 g/mol. The number of carbonyl (C=O) groups is 1. The second-order valence-corrected chi connectivity index (χ2v) is 11.3. The van der Waals surface area contributed by atoms with Gasteiger partial charge >= 0.3 is 0 Å². The molecule has 8 heteroatoms. The summed E-state index contributed by atoms with van der Waals surface area (Å²) in [5.74, 6) is -0.102. The van der Waals surface area contributed by atoms with Crippen LogP contribution in [0.3, 0.4) is 0 Å². The molecule has 0 spiro atoms. The van der Waals surface area contributed by atoms with E-state index in [0.717, 1.165) is 22.4 Å². The zero-order valence-corrected chi connectivity index (χ0v) is 18.5. The molecule has 152 valence electrons. The second kappa shape index (κ2) is 7.78. The first kappa shape index (κ1) is 20.4. The highest BCUT2D eigenvalue weighted by molar-refractivity contribution is 8.16. The van der Waals surface area contributed by atoms with Gasteiger partial charge in [-0.15, -0.1) is 0 Å². The van der Waals surface area contributed by atoms with Crippen LogP contribution < -0.4 is 4.90 Å². The van der Waals surface area contributed by atoms with Crippen molar-refractivity contribution in [3.63, 3.8) is 0 Å². The molecule has 0 bridgehead atoms. The van der Waals surface area contributed by atoms with E-state index in [0.29, 0.717) is 10.2 Å². The predicted octanol–water partition coefficient (Wildman–Crippen LogP) is 3.80. The predicted molar refractivity (Wildman–Crippen MR) is 120 cm³/mol. The van der Waals surface area contributed by atoms with E-state index in [1.807, 2.05) is 49.1 Å². The number of aryl methyl sites for hydroxylation is 2.